The van der Waals surface area contributed by atoms with Crippen LogP contribution >= 0.6 is 23.1 Å². The largest absolute Gasteiger partial charge is 0.383 e. The molecule has 8 heteroatoms. The van der Waals surface area contributed by atoms with Gasteiger partial charge in [0.05, 0.1) is 25.1 Å². The number of methoxy groups -OCH3 is 1. The number of thioether (sulfide) groups is 1. The Balaban J connectivity index is 2.04. The van der Waals surface area contributed by atoms with Crippen molar-refractivity contribution in [3.8, 4) is 11.1 Å². The molecule has 3 aromatic rings. The molecule has 0 fully saturated rings. The summed E-state index contributed by atoms with van der Waals surface area (Å²) in [5.74, 6) is 0.413. The number of benzene rings is 1. The predicted molar refractivity (Wildman–Crippen MR) is 108 cm³/mol. The third kappa shape index (κ3) is 4.57. The van der Waals surface area contributed by atoms with E-state index >= 15 is 0 Å². The Labute approximate surface area is 165 Å². The van der Waals surface area contributed by atoms with Gasteiger partial charge in [-0.25, -0.2) is 9.37 Å². The van der Waals surface area contributed by atoms with Crippen LogP contribution in [0.25, 0.3) is 21.3 Å². The maximum Gasteiger partial charge on any atom is 0.263 e. The van der Waals surface area contributed by atoms with E-state index in [1.807, 2.05) is 12.3 Å². The Morgan fingerprint density at radius 3 is 2.74 bits per heavy atom. The number of fused-ring (bicyclic) bond motifs is 1. The second kappa shape index (κ2) is 9.45. The molecule has 5 nitrogen and oxygen atoms in total. The van der Waals surface area contributed by atoms with Crippen LogP contribution in [0.1, 0.15) is 6.92 Å². The maximum absolute atomic E-state index is 13.2. The first kappa shape index (κ1) is 20.0. The van der Waals surface area contributed by atoms with Crippen LogP contribution in [0.5, 0.6) is 0 Å². The lowest BCUT2D eigenvalue weighted by molar-refractivity contribution is 0.164. The second-order valence-electron chi connectivity index (χ2n) is 5.73. The monoisotopic (exact) mass is 408 g/mol. The van der Waals surface area contributed by atoms with Gasteiger partial charge in [-0.1, -0.05) is 23.9 Å². The molecular weight excluding hydrogens is 387 g/mol. The van der Waals surface area contributed by atoms with Gasteiger partial charge in [-0.15, -0.1) is 11.3 Å². The number of rotatable bonds is 9. The number of hydrogen-bond donors (Lipinski definition) is 0. The summed E-state index contributed by atoms with van der Waals surface area (Å²) >= 11 is 2.93. The van der Waals surface area contributed by atoms with Crippen molar-refractivity contribution < 1.29 is 13.9 Å². The molecule has 0 spiro atoms. The molecule has 2 heterocycles. The van der Waals surface area contributed by atoms with E-state index in [2.05, 4.69) is 0 Å². The first-order valence-corrected chi connectivity index (χ1v) is 10.5. The smallest absolute Gasteiger partial charge is 0.263 e. The first-order chi connectivity index (χ1) is 13.2. The summed E-state index contributed by atoms with van der Waals surface area (Å²) in [6.45, 7) is 4.06. The second-order valence-corrected chi connectivity index (χ2v) is 7.65. The Morgan fingerprint density at radius 2 is 2.04 bits per heavy atom. The SMILES string of the molecule is CCOCCSc1nc2scc(-c3ccc(F)cc3)c2c(=O)n1CCOC. The van der Waals surface area contributed by atoms with E-state index < -0.39 is 0 Å². The van der Waals surface area contributed by atoms with E-state index in [1.54, 1.807) is 23.8 Å². The van der Waals surface area contributed by atoms with E-state index in [0.29, 0.717) is 41.7 Å². The minimum Gasteiger partial charge on any atom is -0.383 e. The molecule has 0 unspecified atom stereocenters. The average molecular weight is 409 g/mol. The zero-order valence-electron chi connectivity index (χ0n) is 15.2. The molecule has 1 aromatic carbocycles. The van der Waals surface area contributed by atoms with Crippen molar-refractivity contribution in [2.45, 2.75) is 18.6 Å². The average Bonchev–Trinajstić information content (AvgIpc) is 3.09. The third-order valence-electron chi connectivity index (χ3n) is 4.00. The number of thiophene rings is 1. The highest BCUT2D eigenvalue weighted by molar-refractivity contribution is 7.99. The van der Waals surface area contributed by atoms with Crippen LogP contribution in [-0.4, -0.2) is 42.2 Å². The summed E-state index contributed by atoms with van der Waals surface area (Å²) < 4.78 is 25.4. The molecule has 144 valence electrons. The molecule has 0 aliphatic rings. The molecule has 0 aliphatic heterocycles. The van der Waals surface area contributed by atoms with Crippen molar-refractivity contribution in [1.29, 1.82) is 0 Å². The fourth-order valence-electron chi connectivity index (χ4n) is 2.67. The molecular formula is C19H21FN2O3S2. The van der Waals surface area contributed by atoms with Gasteiger partial charge < -0.3 is 9.47 Å². The molecule has 0 aliphatic carbocycles. The lowest BCUT2D eigenvalue weighted by Gasteiger charge is -2.12. The van der Waals surface area contributed by atoms with Crippen molar-refractivity contribution in [3.63, 3.8) is 0 Å². The first-order valence-electron chi connectivity index (χ1n) is 8.63. The summed E-state index contributed by atoms with van der Waals surface area (Å²) in [6, 6.07) is 6.16. The Bertz CT molecular complexity index is 954. The van der Waals surface area contributed by atoms with Crippen LogP contribution in [0.3, 0.4) is 0 Å². The molecule has 3 rings (SSSR count). The fraction of sp³-hybridized carbons (Fsp3) is 0.368. The summed E-state index contributed by atoms with van der Waals surface area (Å²) in [7, 11) is 1.60. The lowest BCUT2D eigenvalue weighted by Crippen LogP contribution is -2.25. The van der Waals surface area contributed by atoms with Crippen LogP contribution < -0.4 is 5.56 Å². The zero-order valence-corrected chi connectivity index (χ0v) is 16.9. The van der Waals surface area contributed by atoms with Crippen molar-refractivity contribution in [1.82, 2.24) is 9.55 Å². The minimum atomic E-state index is -0.304. The van der Waals surface area contributed by atoms with E-state index in [0.717, 1.165) is 16.9 Å². The van der Waals surface area contributed by atoms with Crippen molar-refractivity contribution in [2.75, 3.05) is 32.7 Å². The Kier molecular flexibility index (Phi) is 7.01. The molecule has 27 heavy (non-hydrogen) atoms. The van der Waals surface area contributed by atoms with Gasteiger partial charge in [0.25, 0.3) is 5.56 Å². The van der Waals surface area contributed by atoms with Crippen LogP contribution in [-0.2, 0) is 16.0 Å². The third-order valence-corrected chi connectivity index (χ3v) is 5.81. The van der Waals surface area contributed by atoms with Crippen molar-refractivity contribution >= 4 is 33.3 Å². The molecule has 0 N–H and O–H groups in total. The molecule has 0 saturated heterocycles. The molecule has 0 radical (unpaired) electrons. The summed E-state index contributed by atoms with van der Waals surface area (Å²) in [4.78, 5) is 18.6. The van der Waals surface area contributed by atoms with Crippen LogP contribution in [0.2, 0.25) is 0 Å². The molecule has 0 bridgehead atoms. The van der Waals surface area contributed by atoms with Crippen molar-refractivity contribution in [3.05, 3.63) is 45.8 Å². The zero-order chi connectivity index (χ0) is 19.2. The molecule has 2 aromatic heterocycles. The summed E-state index contributed by atoms with van der Waals surface area (Å²) in [6.07, 6.45) is 0. The standard InChI is InChI=1S/C19H21FN2O3S2/c1-3-25-10-11-26-19-21-17-16(18(23)22(19)8-9-24-2)15(12-27-17)13-4-6-14(20)7-5-13/h4-7,12H,3,8-11H2,1-2H3. The summed E-state index contributed by atoms with van der Waals surface area (Å²) in [5, 5.41) is 3.13. The van der Waals surface area contributed by atoms with Gasteiger partial charge in [0.1, 0.15) is 10.6 Å². The van der Waals surface area contributed by atoms with Gasteiger partial charge in [-0.2, -0.15) is 0 Å². The highest BCUT2D eigenvalue weighted by Crippen LogP contribution is 2.32. The highest BCUT2D eigenvalue weighted by Gasteiger charge is 2.17. The fourth-order valence-corrected chi connectivity index (χ4v) is 4.54. The number of halogens is 1. The van der Waals surface area contributed by atoms with Crippen LogP contribution in [0, 0.1) is 5.82 Å². The van der Waals surface area contributed by atoms with Gasteiger partial charge >= 0.3 is 0 Å². The summed E-state index contributed by atoms with van der Waals surface area (Å²) in [5.41, 5.74) is 1.48. The Hall–Kier alpha value is -1.74. The van der Waals surface area contributed by atoms with Crippen LogP contribution in [0.15, 0.2) is 39.6 Å². The number of aromatic nitrogens is 2. The van der Waals surface area contributed by atoms with Gasteiger partial charge in [0, 0.05) is 30.4 Å². The lowest BCUT2D eigenvalue weighted by atomic mass is 10.1. The minimum absolute atomic E-state index is 0.100. The highest BCUT2D eigenvalue weighted by atomic mass is 32.2. The predicted octanol–water partition coefficient (Wildman–Crippen LogP) is 4.04. The van der Waals surface area contributed by atoms with E-state index in [9.17, 15) is 9.18 Å². The van der Waals surface area contributed by atoms with Gasteiger partial charge in [-0.3, -0.25) is 9.36 Å². The Morgan fingerprint density at radius 1 is 1.26 bits per heavy atom. The van der Waals surface area contributed by atoms with E-state index in [4.69, 9.17) is 14.5 Å². The normalized spacial score (nSPS) is 11.4. The molecule has 0 atom stereocenters. The number of nitrogens with zero attached hydrogens (tertiary/aromatic N) is 2. The van der Waals surface area contributed by atoms with Gasteiger partial charge in [0.15, 0.2) is 5.16 Å². The van der Waals surface area contributed by atoms with Gasteiger partial charge in [-0.05, 0) is 24.6 Å². The van der Waals surface area contributed by atoms with Crippen molar-refractivity contribution in [2.24, 2.45) is 0 Å². The molecule has 0 amide bonds. The van der Waals surface area contributed by atoms with E-state index in [-0.39, 0.29) is 11.4 Å². The number of ether oxygens (including phenoxy) is 2. The van der Waals surface area contributed by atoms with E-state index in [1.165, 1.54) is 35.2 Å². The maximum atomic E-state index is 13.2. The number of hydrogen-bond acceptors (Lipinski definition) is 6. The molecule has 0 saturated carbocycles. The quantitative estimate of drug-likeness (QED) is 0.304. The van der Waals surface area contributed by atoms with Gasteiger partial charge in [0.2, 0.25) is 0 Å². The van der Waals surface area contributed by atoms with Crippen LogP contribution in [0.4, 0.5) is 4.39 Å². The topological polar surface area (TPSA) is 53.3 Å².